The van der Waals surface area contributed by atoms with Crippen molar-refractivity contribution >= 4 is 0 Å². The van der Waals surface area contributed by atoms with Gasteiger partial charge in [0.15, 0.2) is 0 Å². The molecule has 0 aromatic rings. The molecule has 2 rings (SSSR count). The Morgan fingerprint density at radius 1 is 1.25 bits per heavy atom. The van der Waals surface area contributed by atoms with Gasteiger partial charge in [-0.3, -0.25) is 0 Å². The quantitative estimate of drug-likeness (QED) is 0.655. The lowest BCUT2D eigenvalue weighted by atomic mass is 10.0. The van der Waals surface area contributed by atoms with Crippen LogP contribution >= 0.6 is 0 Å². The highest BCUT2D eigenvalue weighted by Crippen LogP contribution is 2.63. The summed E-state index contributed by atoms with van der Waals surface area (Å²) in [6.45, 7) is 0. The van der Waals surface area contributed by atoms with Crippen molar-refractivity contribution in [2.24, 2.45) is 11.8 Å². The van der Waals surface area contributed by atoms with Crippen molar-refractivity contribution < 1.29 is 18.3 Å². The Balaban J connectivity index is 1.98. The summed E-state index contributed by atoms with van der Waals surface area (Å²) in [4.78, 5) is 0. The van der Waals surface area contributed by atoms with Crippen LogP contribution in [0, 0.1) is 11.8 Å². The van der Waals surface area contributed by atoms with E-state index >= 15 is 0 Å². The van der Waals surface area contributed by atoms with Gasteiger partial charge in [0.25, 0.3) is 0 Å². The smallest absolute Gasteiger partial charge is 0.389 e. The van der Waals surface area contributed by atoms with E-state index in [-0.39, 0.29) is 11.8 Å². The first-order valence-electron chi connectivity index (χ1n) is 4.22. The molecule has 2 saturated carbocycles. The Hall–Kier alpha value is -0.250. The summed E-state index contributed by atoms with van der Waals surface area (Å²) in [5.74, 6) is -0.113. The first-order chi connectivity index (χ1) is 5.43. The van der Waals surface area contributed by atoms with Crippen molar-refractivity contribution in [3.8, 4) is 0 Å². The number of fused-ring (bicyclic) bond motifs is 1. The molecule has 1 N–H and O–H groups in total. The summed E-state index contributed by atoms with van der Waals surface area (Å²) in [6, 6.07) is 0. The fourth-order valence-corrected chi connectivity index (χ4v) is 2.63. The highest BCUT2D eigenvalue weighted by Gasteiger charge is 2.68. The molecule has 0 bridgehead atoms. The van der Waals surface area contributed by atoms with Crippen LogP contribution in [0.4, 0.5) is 13.2 Å². The maximum atomic E-state index is 11.9. The zero-order valence-electron chi connectivity index (χ0n) is 6.56. The molecule has 0 heterocycles. The fourth-order valence-electron chi connectivity index (χ4n) is 2.63. The SMILES string of the molecule is OC1(CC(F)(F)F)[C@H]2CCC[C@@H]21. The standard InChI is InChI=1S/C8H11F3O/c9-8(10,11)4-7(12)5-2-1-3-6(5)7/h5-6,12H,1-4H2/t5-,6-/m0/s1. The zero-order valence-corrected chi connectivity index (χ0v) is 6.56. The Morgan fingerprint density at radius 2 is 1.75 bits per heavy atom. The summed E-state index contributed by atoms with van der Waals surface area (Å²) in [6.07, 6.45) is -2.68. The fraction of sp³-hybridized carbons (Fsp3) is 1.00. The molecule has 2 aliphatic rings. The van der Waals surface area contributed by atoms with Crippen LogP contribution in [0.25, 0.3) is 0 Å². The lowest BCUT2D eigenvalue weighted by Crippen LogP contribution is -2.25. The van der Waals surface area contributed by atoms with Gasteiger partial charge in [-0.2, -0.15) is 13.2 Å². The molecule has 0 saturated heterocycles. The minimum Gasteiger partial charge on any atom is -0.389 e. The molecule has 0 aromatic heterocycles. The summed E-state index contributed by atoms with van der Waals surface area (Å²) in [7, 11) is 0. The number of alkyl halides is 3. The number of hydrogen-bond donors (Lipinski definition) is 1. The maximum absolute atomic E-state index is 11.9. The third-order valence-corrected chi connectivity index (χ3v) is 3.17. The first kappa shape index (κ1) is 8.35. The largest absolute Gasteiger partial charge is 0.391 e. The lowest BCUT2D eigenvalue weighted by molar-refractivity contribution is -0.163. The van der Waals surface area contributed by atoms with Gasteiger partial charge in [0.2, 0.25) is 0 Å². The normalized spacial score (nSPS) is 46.0. The first-order valence-corrected chi connectivity index (χ1v) is 4.22. The number of hydrogen-bond acceptors (Lipinski definition) is 1. The minimum absolute atomic E-state index is 0.0564. The second-order valence-electron chi connectivity index (χ2n) is 3.93. The Morgan fingerprint density at radius 3 is 2.17 bits per heavy atom. The van der Waals surface area contributed by atoms with E-state index in [0.29, 0.717) is 0 Å². The molecule has 0 unspecified atom stereocenters. The van der Waals surface area contributed by atoms with Crippen LogP contribution in [-0.2, 0) is 0 Å². The molecule has 0 aliphatic heterocycles. The monoisotopic (exact) mass is 180 g/mol. The van der Waals surface area contributed by atoms with Crippen molar-refractivity contribution in [2.75, 3.05) is 0 Å². The van der Waals surface area contributed by atoms with E-state index in [2.05, 4.69) is 0 Å². The molecule has 12 heavy (non-hydrogen) atoms. The third kappa shape index (κ3) is 1.13. The highest BCUT2D eigenvalue weighted by atomic mass is 19.4. The third-order valence-electron chi connectivity index (χ3n) is 3.17. The molecule has 1 nitrogen and oxygen atoms in total. The van der Waals surface area contributed by atoms with Crippen molar-refractivity contribution in [1.82, 2.24) is 0 Å². The second kappa shape index (κ2) is 2.16. The summed E-state index contributed by atoms with van der Waals surface area (Å²) in [5.41, 5.74) is -1.38. The van der Waals surface area contributed by atoms with Crippen LogP contribution in [0.1, 0.15) is 25.7 Å². The number of rotatable bonds is 1. The maximum Gasteiger partial charge on any atom is 0.391 e. The van der Waals surface area contributed by atoms with E-state index in [1.165, 1.54) is 0 Å². The Kier molecular flexibility index (Phi) is 1.50. The summed E-state index contributed by atoms with van der Waals surface area (Å²) >= 11 is 0. The van der Waals surface area contributed by atoms with Crippen LogP contribution in [0.3, 0.4) is 0 Å². The van der Waals surface area contributed by atoms with E-state index in [1.54, 1.807) is 0 Å². The molecule has 0 radical (unpaired) electrons. The second-order valence-corrected chi connectivity index (χ2v) is 3.93. The molecular formula is C8H11F3O. The van der Waals surface area contributed by atoms with Crippen molar-refractivity contribution in [3.05, 3.63) is 0 Å². The lowest BCUT2D eigenvalue weighted by Gasteiger charge is -2.15. The zero-order chi connectivity index (χ0) is 8.98. The van der Waals surface area contributed by atoms with E-state index < -0.39 is 18.2 Å². The predicted octanol–water partition coefficient (Wildman–Crippen LogP) is 2.10. The molecule has 2 atom stereocenters. The van der Waals surface area contributed by atoms with Gasteiger partial charge in [-0.15, -0.1) is 0 Å². The van der Waals surface area contributed by atoms with Crippen LogP contribution in [0.5, 0.6) is 0 Å². The molecular weight excluding hydrogens is 169 g/mol. The molecule has 0 aromatic carbocycles. The van der Waals surface area contributed by atoms with Crippen molar-refractivity contribution in [1.29, 1.82) is 0 Å². The van der Waals surface area contributed by atoms with Crippen LogP contribution in [0.2, 0.25) is 0 Å². The molecule has 2 fully saturated rings. The number of aliphatic hydroxyl groups is 1. The average molecular weight is 180 g/mol. The van der Waals surface area contributed by atoms with E-state index in [0.717, 1.165) is 19.3 Å². The van der Waals surface area contributed by atoms with Crippen LogP contribution < -0.4 is 0 Å². The topological polar surface area (TPSA) is 20.2 Å². The molecule has 70 valence electrons. The predicted molar refractivity (Wildman–Crippen MR) is 36.5 cm³/mol. The molecule has 2 aliphatic carbocycles. The van der Waals surface area contributed by atoms with Gasteiger partial charge in [0, 0.05) is 0 Å². The van der Waals surface area contributed by atoms with Crippen LogP contribution in [0.15, 0.2) is 0 Å². The van der Waals surface area contributed by atoms with Gasteiger partial charge in [-0.05, 0) is 24.7 Å². The van der Waals surface area contributed by atoms with Crippen molar-refractivity contribution in [3.63, 3.8) is 0 Å². The van der Waals surface area contributed by atoms with Crippen LogP contribution in [-0.4, -0.2) is 16.9 Å². The van der Waals surface area contributed by atoms with Crippen molar-refractivity contribution in [2.45, 2.75) is 37.5 Å². The van der Waals surface area contributed by atoms with E-state index in [9.17, 15) is 18.3 Å². The van der Waals surface area contributed by atoms with Gasteiger partial charge in [0.1, 0.15) is 0 Å². The van der Waals surface area contributed by atoms with Gasteiger partial charge in [-0.25, -0.2) is 0 Å². The van der Waals surface area contributed by atoms with Gasteiger partial charge < -0.3 is 5.11 Å². The van der Waals surface area contributed by atoms with Gasteiger partial charge in [0.05, 0.1) is 12.0 Å². The highest BCUT2D eigenvalue weighted by molar-refractivity contribution is 5.15. The molecule has 0 spiro atoms. The van der Waals surface area contributed by atoms with E-state index in [4.69, 9.17) is 0 Å². The van der Waals surface area contributed by atoms with E-state index in [1.807, 2.05) is 0 Å². The average Bonchev–Trinajstić information content (AvgIpc) is 2.33. The molecule has 0 amide bonds. The van der Waals surface area contributed by atoms with Gasteiger partial charge in [-0.1, -0.05) is 6.42 Å². The Labute approximate surface area is 68.6 Å². The molecule has 4 heteroatoms. The summed E-state index contributed by atoms with van der Waals surface area (Å²) < 4.78 is 35.8. The van der Waals surface area contributed by atoms with Gasteiger partial charge >= 0.3 is 6.18 Å². The summed E-state index contributed by atoms with van der Waals surface area (Å²) in [5, 5.41) is 9.52. The minimum atomic E-state index is -4.21. The number of halogens is 3. The Bertz CT molecular complexity index is 189.